The van der Waals surface area contributed by atoms with Crippen LogP contribution in [0.1, 0.15) is 26.2 Å². The molecule has 3 nitrogen and oxygen atoms in total. The van der Waals surface area contributed by atoms with Crippen LogP contribution in [0.25, 0.3) is 0 Å². The minimum atomic E-state index is -0.698. The van der Waals surface area contributed by atoms with Gasteiger partial charge in [-0.25, -0.2) is 0 Å². The zero-order valence-corrected chi connectivity index (χ0v) is 6.34. The van der Waals surface area contributed by atoms with Gasteiger partial charge in [-0.05, 0) is 25.8 Å². The van der Waals surface area contributed by atoms with Crippen LogP contribution in [0.2, 0.25) is 0 Å². The number of aliphatic carboxylic acids is 1. The number of hydrogen-bond donors (Lipinski definition) is 2. The molecule has 3 N–H and O–H groups in total. The first kappa shape index (κ1) is 9.43. The van der Waals surface area contributed by atoms with Gasteiger partial charge in [-0.1, -0.05) is 6.92 Å². The molecule has 0 aliphatic rings. The van der Waals surface area contributed by atoms with Gasteiger partial charge in [-0.15, -0.1) is 0 Å². The van der Waals surface area contributed by atoms with E-state index in [0.29, 0.717) is 19.4 Å². The average Bonchev–Trinajstić information content (AvgIpc) is 1.89. The van der Waals surface area contributed by atoms with Crippen LogP contribution in [0.4, 0.5) is 0 Å². The maximum Gasteiger partial charge on any atom is 0.306 e. The van der Waals surface area contributed by atoms with Crippen LogP contribution in [0, 0.1) is 5.92 Å². The summed E-state index contributed by atoms with van der Waals surface area (Å²) in [6.45, 7) is 2.47. The Morgan fingerprint density at radius 1 is 1.70 bits per heavy atom. The molecular weight excluding hydrogens is 130 g/mol. The van der Waals surface area contributed by atoms with E-state index in [-0.39, 0.29) is 5.92 Å². The summed E-state index contributed by atoms with van der Waals surface area (Å²) >= 11 is 0. The van der Waals surface area contributed by atoms with E-state index >= 15 is 0 Å². The van der Waals surface area contributed by atoms with Crippen LogP contribution in [0.15, 0.2) is 0 Å². The molecule has 0 aliphatic heterocycles. The van der Waals surface area contributed by atoms with Gasteiger partial charge in [0.15, 0.2) is 0 Å². The number of hydrogen-bond acceptors (Lipinski definition) is 2. The molecule has 0 fully saturated rings. The molecule has 1 atom stereocenters. The molecule has 0 aromatic carbocycles. The zero-order chi connectivity index (χ0) is 7.98. The molecule has 0 spiro atoms. The highest BCUT2D eigenvalue weighted by Crippen LogP contribution is 2.09. The fourth-order valence-electron chi connectivity index (χ4n) is 0.866. The van der Waals surface area contributed by atoms with Gasteiger partial charge in [0, 0.05) is 0 Å². The van der Waals surface area contributed by atoms with E-state index in [9.17, 15) is 4.79 Å². The van der Waals surface area contributed by atoms with Crippen molar-refractivity contribution in [3.63, 3.8) is 0 Å². The van der Waals surface area contributed by atoms with Gasteiger partial charge in [-0.2, -0.15) is 0 Å². The molecule has 0 amide bonds. The summed E-state index contributed by atoms with van der Waals surface area (Å²) < 4.78 is 0. The van der Waals surface area contributed by atoms with Gasteiger partial charge in [0.1, 0.15) is 0 Å². The second-order valence-electron chi connectivity index (χ2n) is 2.37. The number of carbonyl (C=O) groups is 1. The minimum Gasteiger partial charge on any atom is -0.481 e. The molecule has 60 valence electrons. The first-order valence-electron chi connectivity index (χ1n) is 3.65. The lowest BCUT2D eigenvalue weighted by atomic mass is 10.0. The molecule has 0 radical (unpaired) electrons. The molecule has 0 heterocycles. The summed E-state index contributed by atoms with van der Waals surface area (Å²) in [5.74, 6) is -0.889. The smallest absolute Gasteiger partial charge is 0.306 e. The second-order valence-corrected chi connectivity index (χ2v) is 2.37. The van der Waals surface area contributed by atoms with Crippen molar-refractivity contribution in [2.45, 2.75) is 26.2 Å². The lowest BCUT2D eigenvalue weighted by Gasteiger charge is -2.06. The van der Waals surface area contributed by atoms with E-state index in [0.717, 1.165) is 6.42 Å². The van der Waals surface area contributed by atoms with Gasteiger partial charge < -0.3 is 10.8 Å². The zero-order valence-electron chi connectivity index (χ0n) is 6.34. The van der Waals surface area contributed by atoms with Crippen molar-refractivity contribution in [3.8, 4) is 0 Å². The van der Waals surface area contributed by atoms with E-state index in [4.69, 9.17) is 10.8 Å². The third-order valence-corrected chi connectivity index (χ3v) is 1.60. The lowest BCUT2D eigenvalue weighted by molar-refractivity contribution is -0.142. The molecular formula is C7H15NO2. The number of carboxylic acid groups (broad SMARTS) is 1. The van der Waals surface area contributed by atoms with E-state index in [1.807, 2.05) is 6.92 Å². The molecule has 0 saturated carbocycles. The topological polar surface area (TPSA) is 63.3 Å². The Labute approximate surface area is 61.2 Å². The normalized spacial score (nSPS) is 13.0. The molecule has 0 bridgehead atoms. The predicted molar refractivity (Wildman–Crippen MR) is 39.7 cm³/mol. The van der Waals surface area contributed by atoms with Gasteiger partial charge in [0.05, 0.1) is 5.92 Å². The molecule has 10 heavy (non-hydrogen) atoms. The van der Waals surface area contributed by atoms with Crippen molar-refractivity contribution in [2.75, 3.05) is 6.54 Å². The Kier molecular flexibility index (Phi) is 4.94. The van der Waals surface area contributed by atoms with E-state index in [1.54, 1.807) is 0 Å². The fraction of sp³-hybridized carbons (Fsp3) is 0.857. The van der Waals surface area contributed by atoms with E-state index in [2.05, 4.69) is 0 Å². The monoisotopic (exact) mass is 145 g/mol. The molecule has 3 heteroatoms. The summed E-state index contributed by atoms with van der Waals surface area (Å²) in [5, 5.41) is 8.56. The van der Waals surface area contributed by atoms with Crippen LogP contribution >= 0.6 is 0 Å². The predicted octanol–water partition coefficient (Wildman–Crippen LogP) is 0.836. The van der Waals surface area contributed by atoms with Crippen molar-refractivity contribution in [2.24, 2.45) is 11.7 Å². The first-order chi connectivity index (χ1) is 4.72. The van der Waals surface area contributed by atoms with Crippen LogP contribution in [-0.4, -0.2) is 17.6 Å². The van der Waals surface area contributed by atoms with E-state index in [1.165, 1.54) is 0 Å². The summed E-state index contributed by atoms with van der Waals surface area (Å²) in [7, 11) is 0. The van der Waals surface area contributed by atoms with Crippen LogP contribution < -0.4 is 5.73 Å². The van der Waals surface area contributed by atoms with Crippen LogP contribution in [0.5, 0.6) is 0 Å². The van der Waals surface area contributed by atoms with Crippen LogP contribution in [0.3, 0.4) is 0 Å². The fourth-order valence-corrected chi connectivity index (χ4v) is 0.866. The minimum absolute atomic E-state index is 0.191. The van der Waals surface area contributed by atoms with Gasteiger partial charge in [0.25, 0.3) is 0 Å². The van der Waals surface area contributed by atoms with E-state index < -0.39 is 5.97 Å². The Balaban J connectivity index is 3.50. The molecule has 0 aromatic rings. The number of rotatable bonds is 5. The SMILES string of the molecule is CCC(CCCN)C(=O)O. The number of nitrogens with two attached hydrogens (primary N) is 1. The summed E-state index contributed by atoms with van der Waals surface area (Å²) in [6.07, 6.45) is 2.22. The van der Waals surface area contributed by atoms with Crippen molar-refractivity contribution >= 4 is 5.97 Å². The van der Waals surface area contributed by atoms with Crippen molar-refractivity contribution in [1.29, 1.82) is 0 Å². The first-order valence-corrected chi connectivity index (χ1v) is 3.65. The molecule has 0 saturated heterocycles. The molecule has 0 aromatic heterocycles. The quantitative estimate of drug-likeness (QED) is 0.602. The number of carboxylic acids is 1. The second kappa shape index (κ2) is 5.23. The largest absolute Gasteiger partial charge is 0.481 e. The summed E-state index contributed by atoms with van der Waals surface area (Å²) in [4.78, 5) is 10.4. The maximum atomic E-state index is 10.4. The summed E-state index contributed by atoms with van der Waals surface area (Å²) in [5.41, 5.74) is 5.24. The van der Waals surface area contributed by atoms with Gasteiger partial charge >= 0.3 is 5.97 Å². The Hall–Kier alpha value is -0.570. The highest BCUT2D eigenvalue weighted by molar-refractivity contribution is 5.69. The Morgan fingerprint density at radius 3 is 2.60 bits per heavy atom. The highest BCUT2D eigenvalue weighted by atomic mass is 16.4. The molecule has 0 aliphatic carbocycles. The third kappa shape index (κ3) is 3.45. The van der Waals surface area contributed by atoms with Crippen LogP contribution in [-0.2, 0) is 4.79 Å². The van der Waals surface area contributed by atoms with Crippen molar-refractivity contribution < 1.29 is 9.90 Å². The highest BCUT2D eigenvalue weighted by Gasteiger charge is 2.12. The molecule has 1 unspecified atom stereocenters. The third-order valence-electron chi connectivity index (χ3n) is 1.60. The van der Waals surface area contributed by atoms with Gasteiger partial charge in [0.2, 0.25) is 0 Å². The van der Waals surface area contributed by atoms with Gasteiger partial charge in [-0.3, -0.25) is 4.79 Å². The molecule has 0 rings (SSSR count). The average molecular weight is 145 g/mol. The van der Waals surface area contributed by atoms with Crippen molar-refractivity contribution in [3.05, 3.63) is 0 Å². The lowest BCUT2D eigenvalue weighted by Crippen LogP contribution is -2.14. The Bertz CT molecular complexity index is 104. The standard InChI is InChI=1S/C7H15NO2/c1-2-6(7(9)10)4-3-5-8/h6H,2-5,8H2,1H3,(H,9,10). The Morgan fingerprint density at radius 2 is 2.30 bits per heavy atom. The maximum absolute atomic E-state index is 10.4. The summed E-state index contributed by atoms with van der Waals surface area (Å²) in [6, 6.07) is 0. The van der Waals surface area contributed by atoms with Crippen molar-refractivity contribution in [1.82, 2.24) is 0 Å².